The van der Waals surface area contributed by atoms with E-state index < -0.39 is 21.7 Å². The molecule has 0 saturated carbocycles. The molecule has 162 valence electrons. The number of ether oxygens (including phenoxy) is 2. The minimum atomic E-state index is -3.72. The molecule has 31 heavy (non-hydrogen) atoms. The van der Waals surface area contributed by atoms with Crippen LogP contribution in [0.4, 0.5) is 15.8 Å². The molecule has 0 aliphatic rings. The Kier molecular flexibility index (Phi) is 7.22. The van der Waals surface area contributed by atoms with Crippen LogP contribution in [0, 0.1) is 5.82 Å². The topological polar surface area (TPSA) is 93.7 Å². The van der Waals surface area contributed by atoms with Gasteiger partial charge in [-0.2, -0.15) is 0 Å². The first-order chi connectivity index (χ1) is 14.9. The van der Waals surface area contributed by atoms with Crippen molar-refractivity contribution in [3.63, 3.8) is 0 Å². The number of methoxy groups -OCH3 is 1. The minimum Gasteiger partial charge on any atom is -0.488 e. The fraction of sp³-hybridized carbons (Fsp3) is 0.136. The Bertz CT molecular complexity index is 1140. The number of anilines is 2. The summed E-state index contributed by atoms with van der Waals surface area (Å²) in [5, 5.41) is 2.59. The third-order valence-electron chi connectivity index (χ3n) is 4.19. The van der Waals surface area contributed by atoms with Crippen LogP contribution >= 0.6 is 0 Å². The maximum absolute atomic E-state index is 14.1. The summed E-state index contributed by atoms with van der Waals surface area (Å²) >= 11 is 0. The standard InChI is InChI=1S/C22H21FN2O5S/c1-29-13-14-30-21-12-11-18(15-20(21)23)24-22(26)16-7-9-17(10-8-16)25-31(27,28)19-5-3-2-4-6-19/h2-12,15,25H,13-14H2,1H3,(H,24,26). The van der Waals surface area contributed by atoms with Gasteiger partial charge in [-0.1, -0.05) is 18.2 Å². The molecule has 2 N–H and O–H groups in total. The molecule has 0 aliphatic heterocycles. The molecule has 0 heterocycles. The third-order valence-corrected chi connectivity index (χ3v) is 5.58. The van der Waals surface area contributed by atoms with Crippen molar-refractivity contribution in [1.29, 1.82) is 0 Å². The second-order valence-corrected chi connectivity index (χ2v) is 8.12. The first-order valence-corrected chi connectivity index (χ1v) is 10.8. The molecule has 0 aliphatic carbocycles. The van der Waals surface area contributed by atoms with Crippen LogP contribution in [0.2, 0.25) is 0 Å². The van der Waals surface area contributed by atoms with Crippen LogP contribution in [0.15, 0.2) is 77.7 Å². The molecule has 0 spiro atoms. The van der Waals surface area contributed by atoms with Crippen molar-refractivity contribution in [3.05, 3.63) is 84.2 Å². The summed E-state index contributed by atoms with van der Waals surface area (Å²) in [5.41, 5.74) is 0.850. The van der Waals surface area contributed by atoms with Gasteiger partial charge in [0.2, 0.25) is 0 Å². The van der Waals surface area contributed by atoms with Crippen molar-refractivity contribution in [2.45, 2.75) is 4.90 Å². The van der Waals surface area contributed by atoms with Gasteiger partial charge < -0.3 is 14.8 Å². The van der Waals surface area contributed by atoms with E-state index in [1.807, 2.05) is 0 Å². The highest BCUT2D eigenvalue weighted by Gasteiger charge is 2.14. The molecule has 0 aromatic heterocycles. The van der Waals surface area contributed by atoms with Crippen LogP contribution in [0.3, 0.4) is 0 Å². The lowest BCUT2D eigenvalue weighted by atomic mass is 10.2. The molecule has 0 unspecified atom stereocenters. The molecule has 0 radical (unpaired) electrons. The highest BCUT2D eigenvalue weighted by Crippen LogP contribution is 2.22. The van der Waals surface area contributed by atoms with Gasteiger partial charge in [-0.3, -0.25) is 9.52 Å². The Labute approximate surface area is 179 Å². The number of carbonyl (C=O) groups is 1. The molecule has 3 rings (SSSR count). The number of amides is 1. The molecule has 9 heteroatoms. The molecule has 3 aromatic carbocycles. The number of hydrogen-bond acceptors (Lipinski definition) is 5. The Morgan fingerprint density at radius 2 is 1.61 bits per heavy atom. The highest BCUT2D eigenvalue weighted by molar-refractivity contribution is 7.92. The Morgan fingerprint density at radius 3 is 2.26 bits per heavy atom. The molecule has 0 fully saturated rings. The van der Waals surface area contributed by atoms with Crippen LogP contribution in [-0.4, -0.2) is 34.6 Å². The largest absolute Gasteiger partial charge is 0.488 e. The zero-order valence-corrected chi connectivity index (χ0v) is 17.5. The summed E-state index contributed by atoms with van der Waals surface area (Å²) in [7, 11) is -2.21. The first-order valence-electron chi connectivity index (χ1n) is 9.29. The summed E-state index contributed by atoms with van der Waals surface area (Å²) in [6.45, 7) is 0.537. The van der Waals surface area contributed by atoms with Gasteiger partial charge in [0.05, 0.1) is 11.5 Å². The molecule has 7 nitrogen and oxygen atoms in total. The lowest BCUT2D eigenvalue weighted by Gasteiger charge is -2.10. The quantitative estimate of drug-likeness (QED) is 0.488. The molecule has 0 bridgehead atoms. The molecule has 3 aromatic rings. The van der Waals surface area contributed by atoms with E-state index in [0.717, 1.165) is 6.07 Å². The van der Waals surface area contributed by atoms with Crippen molar-refractivity contribution < 1.29 is 27.1 Å². The number of rotatable bonds is 9. The Hall–Kier alpha value is -3.43. The predicted octanol–water partition coefficient (Wildman–Crippen LogP) is 3.90. The van der Waals surface area contributed by atoms with E-state index in [-0.39, 0.29) is 28.5 Å². The number of sulfonamides is 1. The minimum absolute atomic E-state index is 0.0603. The van der Waals surface area contributed by atoms with E-state index >= 15 is 0 Å². The third kappa shape index (κ3) is 6.03. The molecule has 0 atom stereocenters. The van der Waals surface area contributed by atoms with Crippen molar-refractivity contribution in [2.75, 3.05) is 30.4 Å². The van der Waals surface area contributed by atoms with Crippen LogP contribution in [-0.2, 0) is 14.8 Å². The monoisotopic (exact) mass is 444 g/mol. The molecule has 1 amide bonds. The Balaban J connectivity index is 1.63. The second kappa shape index (κ2) is 10.1. The highest BCUT2D eigenvalue weighted by atomic mass is 32.2. The summed E-state index contributed by atoms with van der Waals surface area (Å²) < 4.78 is 51.4. The van der Waals surface area contributed by atoms with Crippen molar-refractivity contribution in [2.24, 2.45) is 0 Å². The van der Waals surface area contributed by atoms with Crippen LogP contribution in [0.5, 0.6) is 5.75 Å². The van der Waals surface area contributed by atoms with Gasteiger partial charge in [-0.25, -0.2) is 12.8 Å². The van der Waals surface area contributed by atoms with E-state index in [0.29, 0.717) is 12.3 Å². The SMILES string of the molecule is COCCOc1ccc(NC(=O)c2ccc(NS(=O)(=O)c3ccccc3)cc2)cc1F. The average Bonchev–Trinajstić information content (AvgIpc) is 2.76. The van der Waals surface area contributed by atoms with Crippen LogP contribution < -0.4 is 14.8 Å². The molecular formula is C22H21FN2O5S. The first kappa shape index (κ1) is 22.3. The van der Waals surface area contributed by atoms with E-state index in [1.54, 1.807) is 18.2 Å². The summed E-state index contributed by atoms with van der Waals surface area (Å²) in [6, 6.07) is 17.9. The van der Waals surface area contributed by atoms with Gasteiger partial charge in [0.1, 0.15) is 6.61 Å². The zero-order chi connectivity index (χ0) is 22.3. The number of carbonyl (C=O) groups excluding carboxylic acids is 1. The fourth-order valence-electron chi connectivity index (χ4n) is 2.64. The maximum Gasteiger partial charge on any atom is 0.261 e. The lowest BCUT2D eigenvalue weighted by molar-refractivity contribution is 0.102. The summed E-state index contributed by atoms with van der Waals surface area (Å²) in [5.74, 6) is -1.02. The van der Waals surface area contributed by atoms with E-state index in [1.165, 1.54) is 55.6 Å². The summed E-state index contributed by atoms with van der Waals surface area (Å²) in [6.07, 6.45) is 0. The molecular weight excluding hydrogens is 423 g/mol. The normalized spacial score (nSPS) is 11.0. The average molecular weight is 444 g/mol. The zero-order valence-electron chi connectivity index (χ0n) is 16.7. The van der Waals surface area contributed by atoms with E-state index in [2.05, 4.69) is 10.0 Å². The maximum atomic E-state index is 14.1. The van der Waals surface area contributed by atoms with Gasteiger partial charge in [0.25, 0.3) is 15.9 Å². The van der Waals surface area contributed by atoms with Crippen molar-refractivity contribution in [1.82, 2.24) is 0 Å². The predicted molar refractivity (Wildman–Crippen MR) is 115 cm³/mol. The van der Waals surface area contributed by atoms with Crippen molar-refractivity contribution >= 4 is 27.3 Å². The summed E-state index contributed by atoms with van der Waals surface area (Å²) in [4.78, 5) is 12.6. The fourth-order valence-corrected chi connectivity index (χ4v) is 3.72. The molecule has 0 saturated heterocycles. The number of halogens is 1. The smallest absolute Gasteiger partial charge is 0.261 e. The van der Waals surface area contributed by atoms with E-state index in [9.17, 15) is 17.6 Å². The van der Waals surface area contributed by atoms with Gasteiger partial charge in [0.15, 0.2) is 11.6 Å². The number of nitrogens with one attached hydrogen (secondary N) is 2. The Morgan fingerprint density at radius 1 is 0.935 bits per heavy atom. The van der Waals surface area contributed by atoms with Gasteiger partial charge in [-0.15, -0.1) is 0 Å². The van der Waals surface area contributed by atoms with Crippen LogP contribution in [0.25, 0.3) is 0 Å². The van der Waals surface area contributed by atoms with E-state index in [4.69, 9.17) is 9.47 Å². The van der Waals surface area contributed by atoms with Gasteiger partial charge in [-0.05, 0) is 48.5 Å². The van der Waals surface area contributed by atoms with Crippen molar-refractivity contribution in [3.8, 4) is 5.75 Å². The van der Waals surface area contributed by atoms with Crippen LogP contribution in [0.1, 0.15) is 10.4 Å². The second-order valence-electron chi connectivity index (χ2n) is 6.44. The lowest BCUT2D eigenvalue weighted by Crippen LogP contribution is -2.14. The number of hydrogen-bond donors (Lipinski definition) is 2. The number of benzene rings is 3. The van der Waals surface area contributed by atoms with Gasteiger partial charge in [0, 0.05) is 30.1 Å². The van der Waals surface area contributed by atoms with Gasteiger partial charge >= 0.3 is 0 Å².